The van der Waals surface area contributed by atoms with E-state index < -0.39 is 0 Å². The number of hydrogen-bond acceptors (Lipinski definition) is 4. The quantitative estimate of drug-likeness (QED) is 0.943. The Kier molecular flexibility index (Phi) is 4.36. The van der Waals surface area contributed by atoms with Crippen LogP contribution in [-0.2, 0) is 6.54 Å². The number of aliphatic hydroxyl groups excluding tert-OH is 1. The number of halogens is 1. The molecule has 22 heavy (non-hydrogen) atoms. The molecule has 0 saturated carbocycles. The first-order valence-electron chi connectivity index (χ1n) is 7.31. The molecule has 0 radical (unpaired) electrons. The van der Waals surface area contributed by atoms with Crippen LogP contribution in [0.1, 0.15) is 23.6 Å². The minimum atomic E-state index is -0.377. The third-order valence-electron chi connectivity index (χ3n) is 4.01. The zero-order valence-corrected chi connectivity index (χ0v) is 12.4. The van der Waals surface area contributed by atoms with Crippen LogP contribution in [0.2, 0.25) is 0 Å². The summed E-state index contributed by atoms with van der Waals surface area (Å²) in [5.41, 5.74) is 1.90. The molecule has 1 aliphatic heterocycles. The normalized spacial score (nSPS) is 22.0. The van der Waals surface area contributed by atoms with Crippen LogP contribution in [0.25, 0.3) is 0 Å². The third-order valence-corrected chi connectivity index (χ3v) is 4.01. The molecule has 2 heterocycles. The van der Waals surface area contributed by atoms with E-state index in [4.69, 9.17) is 4.74 Å². The van der Waals surface area contributed by atoms with Crippen molar-refractivity contribution in [1.29, 1.82) is 0 Å². The van der Waals surface area contributed by atoms with Crippen molar-refractivity contribution < 1.29 is 14.2 Å². The number of ether oxygens (including phenoxy) is 1. The predicted molar refractivity (Wildman–Crippen MR) is 81.0 cm³/mol. The van der Waals surface area contributed by atoms with Gasteiger partial charge in [-0.15, -0.1) is 0 Å². The zero-order chi connectivity index (χ0) is 15.5. The summed E-state index contributed by atoms with van der Waals surface area (Å²) in [6.07, 6.45) is 3.14. The number of likely N-dealkylation sites (tertiary alicyclic amines) is 1. The van der Waals surface area contributed by atoms with Crippen LogP contribution in [-0.4, -0.2) is 34.7 Å². The van der Waals surface area contributed by atoms with Crippen molar-refractivity contribution in [3.05, 3.63) is 59.7 Å². The molecule has 1 aliphatic rings. The Hall–Kier alpha value is -1.98. The molecule has 0 amide bonds. The molecule has 2 atom stereocenters. The summed E-state index contributed by atoms with van der Waals surface area (Å²) in [5, 5.41) is 10.0. The summed E-state index contributed by atoms with van der Waals surface area (Å²) >= 11 is 0. The first-order valence-corrected chi connectivity index (χ1v) is 7.31. The number of pyridine rings is 1. The lowest BCUT2D eigenvalue weighted by atomic mass is 10.0. The van der Waals surface area contributed by atoms with Crippen molar-refractivity contribution in [3.63, 3.8) is 0 Å². The Balaban J connectivity index is 1.82. The number of benzene rings is 1. The van der Waals surface area contributed by atoms with Gasteiger partial charge in [0.05, 0.1) is 19.4 Å². The number of β-amino-alcohol motifs (C(OH)–C–C–N with tert-alkyl or cyclic N) is 1. The number of rotatable bonds is 4. The van der Waals surface area contributed by atoms with Crippen molar-refractivity contribution in [1.82, 2.24) is 9.88 Å². The fraction of sp³-hybridized carbons (Fsp3) is 0.353. The average Bonchev–Trinajstić information content (AvgIpc) is 2.88. The smallest absolute Gasteiger partial charge is 0.141 e. The Morgan fingerprint density at radius 2 is 2.23 bits per heavy atom. The van der Waals surface area contributed by atoms with Crippen molar-refractivity contribution in [2.75, 3.05) is 13.7 Å². The second-order valence-corrected chi connectivity index (χ2v) is 5.62. The molecule has 1 aromatic carbocycles. The molecule has 0 unspecified atom stereocenters. The Morgan fingerprint density at radius 1 is 1.36 bits per heavy atom. The number of aromatic nitrogens is 1. The first-order chi connectivity index (χ1) is 10.7. The van der Waals surface area contributed by atoms with Gasteiger partial charge in [-0.1, -0.05) is 12.1 Å². The van der Waals surface area contributed by atoms with Crippen molar-refractivity contribution >= 4 is 0 Å². The lowest BCUT2D eigenvalue weighted by molar-refractivity contribution is 0.172. The van der Waals surface area contributed by atoms with Gasteiger partial charge in [-0.25, -0.2) is 4.39 Å². The maximum atomic E-state index is 13.3. The molecule has 2 aromatic rings. The molecule has 1 saturated heterocycles. The van der Waals surface area contributed by atoms with Gasteiger partial charge >= 0.3 is 0 Å². The topological polar surface area (TPSA) is 45.6 Å². The molecule has 5 heteroatoms. The van der Waals surface area contributed by atoms with E-state index in [-0.39, 0.29) is 18.0 Å². The summed E-state index contributed by atoms with van der Waals surface area (Å²) in [4.78, 5) is 6.03. The van der Waals surface area contributed by atoms with Gasteiger partial charge in [0.15, 0.2) is 0 Å². The Morgan fingerprint density at radius 3 is 3.00 bits per heavy atom. The molecular weight excluding hydrogens is 283 g/mol. The second kappa shape index (κ2) is 6.42. The molecule has 1 aromatic heterocycles. The van der Waals surface area contributed by atoms with Crippen LogP contribution < -0.4 is 4.74 Å². The van der Waals surface area contributed by atoms with E-state index in [2.05, 4.69) is 9.88 Å². The first kappa shape index (κ1) is 14.9. The van der Waals surface area contributed by atoms with E-state index in [0.717, 1.165) is 16.9 Å². The fourth-order valence-electron chi connectivity index (χ4n) is 3.03. The monoisotopic (exact) mass is 302 g/mol. The minimum Gasteiger partial charge on any atom is -0.497 e. The highest BCUT2D eigenvalue weighted by atomic mass is 19.1. The van der Waals surface area contributed by atoms with Gasteiger partial charge in [-0.2, -0.15) is 0 Å². The molecule has 1 N–H and O–H groups in total. The summed E-state index contributed by atoms with van der Waals surface area (Å²) in [7, 11) is 1.64. The highest BCUT2D eigenvalue weighted by Gasteiger charge is 2.32. The van der Waals surface area contributed by atoms with E-state index >= 15 is 0 Å². The van der Waals surface area contributed by atoms with Gasteiger partial charge in [0.2, 0.25) is 0 Å². The summed E-state index contributed by atoms with van der Waals surface area (Å²) in [5.74, 6) is 0.460. The number of nitrogens with zero attached hydrogens (tertiary/aromatic N) is 2. The number of aliphatic hydroxyl groups is 1. The van der Waals surface area contributed by atoms with Gasteiger partial charge < -0.3 is 9.84 Å². The van der Waals surface area contributed by atoms with Crippen molar-refractivity contribution in [2.45, 2.75) is 25.1 Å². The summed E-state index contributed by atoms with van der Waals surface area (Å²) in [6, 6.07) is 9.44. The summed E-state index contributed by atoms with van der Waals surface area (Å²) in [6.45, 7) is 1.13. The van der Waals surface area contributed by atoms with Crippen LogP contribution in [0.5, 0.6) is 5.75 Å². The van der Waals surface area contributed by atoms with Crippen LogP contribution in [0.15, 0.2) is 42.7 Å². The largest absolute Gasteiger partial charge is 0.497 e. The summed E-state index contributed by atoms with van der Waals surface area (Å²) < 4.78 is 18.6. The van der Waals surface area contributed by atoms with Crippen LogP contribution in [0.3, 0.4) is 0 Å². The van der Waals surface area contributed by atoms with Crippen LogP contribution in [0.4, 0.5) is 4.39 Å². The Labute approximate surface area is 129 Å². The Bertz CT molecular complexity index is 650. The molecule has 4 nitrogen and oxygen atoms in total. The lowest BCUT2D eigenvalue weighted by Gasteiger charge is -2.24. The maximum Gasteiger partial charge on any atom is 0.141 e. The number of hydrogen-bond donors (Lipinski definition) is 1. The molecule has 1 fully saturated rings. The third kappa shape index (κ3) is 3.26. The van der Waals surface area contributed by atoms with Crippen molar-refractivity contribution in [3.8, 4) is 5.75 Å². The van der Waals surface area contributed by atoms with Gasteiger partial charge in [-0.05, 0) is 35.7 Å². The van der Waals surface area contributed by atoms with Crippen molar-refractivity contribution in [2.24, 2.45) is 0 Å². The van der Waals surface area contributed by atoms with E-state index in [1.165, 1.54) is 12.3 Å². The predicted octanol–water partition coefficient (Wildman–Crippen LogP) is 2.54. The highest BCUT2D eigenvalue weighted by molar-refractivity contribution is 5.31. The van der Waals surface area contributed by atoms with E-state index in [9.17, 15) is 9.50 Å². The van der Waals surface area contributed by atoms with Gasteiger partial charge in [0.25, 0.3) is 0 Å². The molecule has 0 aliphatic carbocycles. The van der Waals surface area contributed by atoms with E-state index in [0.29, 0.717) is 19.5 Å². The standard InChI is InChI=1S/C17H19FN2O2/c1-22-16-4-2-3-13(6-16)17-7-15(21)11-20(17)10-12-5-14(18)9-19-8-12/h2-6,8-9,15,17,21H,7,10-11H2,1H3/t15-,17-/m0/s1. The van der Waals surface area contributed by atoms with E-state index in [1.54, 1.807) is 13.3 Å². The SMILES string of the molecule is COc1cccc([C@@H]2C[C@H](O)CN2Cc2cncc(F)c2)c1. The van der Waals surface area contributed by atoms with E-state index in [1.807, 2.05) is 24.3 Å². The second-order valence-electron chi connectivity index (χ2n) is 5.62. The minimum absolute atomic E-state index is 0.0911. The molecular formula is C17H19FN2O2. The zero-order valence-electron chi connectivity index (χ0n) is 12.4. The van der Waals surface area contributed by atoms with Crippen LogP contribution >= 0.6 is 0 Å². The molecule has 0 spiro atoms. The molecule has 0 bridgehead atoms. The average molecular weight is 302 g/mol. The van der Waals surface area contributed by atoms with Gasteiger partial charge in [0, 0.05) is 25.3 Å². The number of methoxy groups -OCH3 is 1. The van der Waals surface area contributed by atoms with Gasteiger partial charge in [-0.3, -0.25) is 9.88 Å². The fourth-order valence-corrected chi connectivity index (χ4v) is 3.03. The molecule has 116 valence electrons. The highest BCUT2D eigenvalue weighted by Crippen LogP contribution is 2.34. The van der Waals surface area contributed by atoms with Crippen LogP contribution in [0, 0.1) is 5.82 Å². The lowest BCUT2D eigenvalue weighted by Crippen LogP contribution is -2.24. The molecule has 3 rings (SSSR count). The maximum absolute atomic E-state index is 13.3. The van der Waals surface area contributed by atoms with Gasteiger partial charge in [0.1, 0.15) is 11.6 Å².